The van der Waals surface area contributed by atoms with E-state index in [1.54, 1.807) is 12.4 Å². The minimum absolute atomic E-state index is 0.0787. The number of aromatic nitrogens is 3. The van der Waals surface area contributed by atoms with Crippen molar-refractivity contribution in [1.29, 1.82) is 0 Å². The van der Waals surface area contributed by atoms with Crippen LogP contribution in [0.1, 0.15) is 29.9 Å². The van der Waals surface area contributed by atoms with E-state index >= 15 is 0 Å². The topological polar surface area (TPSA) is 101 Å². The van der Waals surface area contributed by atoms with Crippen molar-refractivity contribution in [1.82, 2.24) is 20.1 Å². The van der Waals surface area contributed by atoms with Gasteiger partial charge in [-0.15, -0.1) is 10.2 Å². The number of oxime groups is 1. The lowest BCUT2D eigenvalue weighted by atomic mass is 10.1. The van der Waals surface area contributed by atoms with Crippen LogP contribution in [0.2, 0.25) is 0 Å². The smallest absolute Gasteiger partial charge is 0.170 e. The van der Waals surface area contributed by atoms with Crippen molar-refractivity contribution >= 4 is 5.84 Å². The normalized spacial score (nSPS) is 13.4. The molecule has 1 atom stereocenters. The van der Waals surface area contributed by atoms with Gasteiger partial charge in [-0.05, 0) is 18.6 Å². The molecule has 0 spiro atoms. The Bertz CT molecular complexity index is 606. The summed E-state index contributed by atoms with van der Waals surface area (Å²) in [7, 11) is 1.91. The lowest BCUT2D eigenvalue weighted by Crippen LogP contribution is -2.21. The van der Waals surface area contributed by atoms with Crippen molar-refractivity contribution in [3.63, 3.8) is 0 Å². The van der Waals surface area contributed by atoms with Gasteiger partial charge < -0.3 is 20.8 Å². The zero-order valence-electron chi connectivity index (χ0n) is 11.5. The summed E-state index contributed by atoms with van der Waals surface area (Å²) in [6, 6.07) is 7.60. The van der Waals surface area contributed by atoms with Crippen LogP contribution in [0.5, 0.6) is 0 Å². The second kappa shape index (κ2) is 6.16. The number of amidine groups is 1. The molecule has 1 unspecified atom stereocenters. The average Bonchev–Trinajstić information content (AvgIpc) is 2.90. The molecule has 2 rings (SSSR count). The molecule has 1 aromatic heterocycles. The standard InChI is InChI=1S/C13H18N6O/c1-9(13-17-16-8-19(13)2)15-7-10-4-3-5-11(6-10)12(14)18-20/h3-6,8-9,15,20H,7H2,1-2H3,(H2,14,18). The molecule has 4 N–H and O–H groups in total. The van der Waals surface area contributed by atoms with Crippen molar-refractivity contribution < 1.29 is 5.21 Å². The first-order valence-corrected chi connectivity index (χ1v) is 6.26. The number of hydrogen-bond acceptors (Lipinski definition) is 5. The monoisotopic (exact) mass is 274 g/mol. The summed E-state index contributed by atoms with van der Waals surface area (Å²) in [6.07, 6.45) is 1.67. The van der Waals surface area contributed by atoms with Gasteiger partial charge in [-0.25, -0.2) is 0 Å². The molecule has 2 aromatic rings. The molecule has 0 amide bonds. The molecule has 0 aliphatic heterocycles. The number of aryl methyl sites for hydroxylation is 1. The predicted octanol–water partition coefficient (Wildman–Crippen LogP) is 0.760. The van der Waals surface area contributed by atoms with Crippen LogP contribution in [0.4, 0.5) is 0 Å². The third-order valence-electron chi connectivity index (χ3n) is 3.08. The molecule has 7 nitrogen and oxygen atoms in total. The second-order valence-electron chi connectivity index (χ2n) is 4.59. The number of nitrogens with zero attached hydrogens (tertiary/aromatic N) is 4. The fourth-order valence-electron chi connectivity index (χ4n) is 1.94. The van der Waals surface area contributed by atoms with Gasteiger partial charge in [-0.1, -0.05) is 23.4 Å². The lowest BCUT2D eigenvalue weighted by molar-refractivity contribution is 0.318. The molecule has 0 radical (unpaired) electrons. The summed E-state index contributed by atoms with van der Waals surface area (Å²) in [5, 5.41) is 23.0. The molecule has 106 valence electrons. The molecule has 0 aliphatic rings. The van der Waals surface area contributed by atoms with Crippen LogP contribution in [0.15, 0.2) is 35.7 Å². The Labute approximate surface area is 117 Å². The first-order valence-electron chi connectivity index (χ1n) is 6.26. The van der Waals surface area contributed by atoms with Gasteiger partial charge in [0.1, 0.15) is 12.2 Å². The first kappa shape index (κ1) is 14.0. The van der Waals surface area contributed by atoms with E-state index in [-0.39, 0.29) is 11.9 Å². The number of benzene rings is 1. The van der Waals surface area contributed by atoms with E-state index in [4.69, 9.17) is 10.9 Å². The molecule has 0 bridgehead atoms. The summed E-state index contributed by atoms with van der Waals surface area (Å²) in [4.78, 5) is 0. The maximum absolute atomic E-state index is 8.68. The summed E-state index contributed by atoms with van der Waals surface area (Å²) in [6.45, 7) is 2.68. The maximum atomic E-state index is 8.68. The van der Waals surface area contributed by atoms with E-state index in [2.05, 4.69) is 20.7 Å². The van der Waals surface area contributed by atoms with E-state index in [1.165, 1.54) is 0 Å². The maximum Gasteiger partial charge on any atom is 0.170 e. The fourth-order valence-corrected chi connectivity index (χ4v) is 1.94. The molecule has 1 aromatic carbocycles. The molecule has 7 heteroatoms. The second-order valence-corrected chi connectivity index (χ2v) is 4.59. The zero-order valence-corrected chi connectivity index (χ0v) is 11.5. The van der Waals surface area contributed by atoms with Gasteiger partial charge in [0.2, 0.25) is 0 Å². The Morgan fingerprint density at radius 3 is 3.00 bits per heavy atom. The third kappa shape index (κ3) is 3.12. The SMILES string of the molecule is CC(NCc1cccc(C(N)=NO)c1)c1nncn1C. The van der Waals surface area contributed by atoms with Crippen LogP contribution in [0, 0.1) is 0 Å². The number of hydrogen-bond donors (Lipinski definition) is 3. The fraction of sp³-hybridized carbons (Fsp3) is 0.308. The van der Waals surface area contributed by atoms with Crippen LogP contribution in [0.3, 0.4) is 0 Å². The lowest BCUT2D eigenvalue weighted by Gasteiger charge is -2.13. The molecular weight excluding hydrogens is 256 g/mol. The van der Waals surface area contributed by atoms with Crippen LogP contribution in [-0.4, -0.2) is 25.8 Å². The van der Waals surface area contributed by atoms with Crippen molar-refractivity contribution in [3.8, 4) is 0 Å². The summed E-state index contributed by atoms with van der Waals surface area (Å²) in [5.41, 5.74) is 7.31. The summed E-state index contributed by atoms with van der Waals surface area (Å²) in [5.74, 6) is 0.978. The first-order chi connectivity index (χ1) is 9.61. The van der Waals surface area contributed by atoms with Crippen LogP contribution in [0.25, 0.3) is 0 Å². The van der Waals surface area contributed by atoms with Gasteiger partial charge in [0.05, 0.1) is 6.04 Å². The van der Waals surface area contributed by atoms with Crippen molar-refractivity contribution in [2.45, 2.75) is 19.5 Å². The largest absolute Gasteiger partial charge is 0.409 e. The van der Waals surface area contributed by atoms with Crippen molar-refractivity contribution in [2.24, 2.45) is 17.9 Å². The van der Waals surface area contributed by atoms with E-state index in [1.807, 2.05) is 36.7 Å². The van der Waals surface area contributed by atoms with Gasteiger partial charge >= 0.3 is 0 Å². The van der Waals surface area contributed by atoms with E-state index < -0.39 is 0 Å². The van der Waals surface area contributed by atoms with Crippen LogP contribution in [-0.2, 0) is 13.6 Å². The highest BCUT2D eigenvalue weighted by Gasteiger charge is 2.10. The molecule has 1 heterocycles. The van der Waals surface area contributed by atoms with Crippen LogP contribution >= 0.6 is 0 Å². The molecule has 0 saturated carbocycles. The number of nitrogens with one attached hydrogen (secondary N) is 1. The predicted molar refractivity (Wildman–Crippen MR) is 75.2 cm³/mol. The summed E-state index contributed by atoms with van der Waals surface area (Å²) < 4.78 is 1.88. The molecule has 0 aliphatic carbocycles. The Morgan fingerprint density at radius 2 is 2.35 bits per heavy atom. The highest BCUT2D eigenvalue weighted by molar-refractivity contribution is 5.97. The highest BCUT2D eigenvalue weighted by atomic mass is 16.4. The molecular formula is C13H18N6O. The minimum atomic E-state index is 0.0787. The Balaban J connectivity index is 2.03. The third-order valence-corrected chi connectivity index (χ3v) is 3.08. The summed E-state index contributed by atoms with van der Waals surface area (Å²) >= 11 is 0. The Morgan fingerprint density at radius 1 is 1.55 bits per heavy atom. The highest BCUT2D eigenvalue weighted by Crippen LogP contribution is 2.10. The van der Waals surface area contributed by atoms with Gasteiger partial charge in [0.15, 0.2) is 5.84 Å². The minimum Gasteiger partial charge on any atom is -0.409 e. The van der Waals surface area contributed by atoms with E-state index in [9.17, 15) is 0 Å². The zero-order chi connectivity index (χ0) is 14.5. The average molecular weight is 274 g/mol. The van der Waals surface area contributed by atoms with Crippen molar-refractivity contribution in [3.05, 3.63) is 47.5 Å². The van der Waals surface area contributed by atoms with Gasteiger partial charge in [-0.2, -0.15) is 0 Å². The van der Waals surface area contributed by atoms with Gasteiger partial charge in [-0.3, -0.25) is 0 Å². The molecule has 0 fully saturated rings. The number of nitrogens with two attached hydrogens (primary N) is 1. The van der Waals surface area contributed by atoms with Crippen molar-refractivity contribution in [2.75, 3.05) is 0 Å². The van der Waals surface area contributed by atoms with Gasteiger partial charge in [0, 0.05) is 19.2 Å². The number of rotatable bonds is 5. The molecule has 20 heavy (non-hydrogen) atoms. The Hall–Kier alpha value is -2.41. The Kier molecular flexibility index (Phi) is 4.31. The van der Waals surface area contributed by atoms with Gasteiger partial charge in [0.25, 0.3) is 0 Å². The van der Waals surface area contributed by atoms with E-state index in [0.29, 0.717) is 12.1 Å². The molecule has 0 saturated heterocycles. The van der Waals surface area contributed by atoms with E-state index in [0.717, 1.165) is 11.4 Å². The quantitative estimate of drug-likeness (QED) is 0.323. The van der Waals surface area contributed by atoms with Crippen LogP contribution < -0.4 is 11.1 Å².